The van der Waals surface area contributed by atoms with E-state index in [1.54, 1.807) is 22.6 Å². The average molecular weight is 299 g/mol. The summed E-state index contributed by atoms with van der Waals surface area (Å²) in [5.41, 5.74) is -0.912. The number of pyridine rings is 1. The van der Waals surface area contributed by atoms with Gasteiger partial charge in [0.15, 0.2) is 0 Å². The van der Waals surface area contributed by atoms with Crippen molar-refractivity contribution in [2.45, 2.75) is 6.43 Å². The lowest BCUT2D eigenvalue weighted by molar-refractivity contribution is 0.0684. The number of hydrogen-bond donors (Lipinski definition) is 1. The van der Waals surface area contributed by atoms with Crippen LogP contribution in [0.3, 0.4) is 0 Å². The third-order valence-corrected chi connectivity index (χ3v) is 2.25. The van der Waals surface area contributed by atoms with Crippen molar-refractivity contribution in [1.82, 2.24) is 4.98 Å². The number of carboxylic acid groups (broad SMARTS) is 1. The first-order chi connectivity index (χ1) is 6.04. The van der Waals surface area contributed by atoms with Crippen LogP contribution < -0.4 is 0 Å². The fourth-order valence-electron chi connectivity index (χ4n) is 0.842. The van der Waals surface area contributed by atoms with E-state index in [1.807, 2.05) is 0 Å². The molecule has 0 fully saturated rings. The van der Waals surface area contributed by atoms with Crippen LogP contribution in [0.5, 0.6) is 0 Å². The lowest BCUT2D eigenvalue weighted by Crippen LogP contribution is -2.06. The topological polar surface area (TPSA) is 50.2 Å². The Balaban J connectivity index is 3.34. The van der Waals surface area contributed by atoms with E-state index in [0.29, 0.717) is 0 Å². The van der Waals surface area contributed by atoms with Gasteiger partial charge in [0.25, 0.3) is 6.43 Å². The molecule has 1 rings (SSSR count). The highest BCUT2D eigenvalue weighted by atomic mass is 127. The number of halogens is 3. The van der Waals surface area contributed by atoms with E-state index in [2.05, 4.69) is 4.98 Å². The minimum Gasteiger partial charge on any atom is -0.478 e. The number of aromatic nitrogens is 1. The molecule has 0 aromatic carbocycles. The molecule has 1 aromatic heterocycles. The van der Waals surface area contributed by atoms with Gasteiger partial charge in [0.2, 0.25) is 0 Å². The maximum Gasteiger partial charge on any atom is 0.336 e. The van der Waals surface area contributed by atoms with Crippen LogP contribution >= 0.6 is 22.6 Å². The van der Waals surface area contributed by atoms with E-state index in [4.69, 9.17) is 5.11 Å². The van der Waals surface area contributed by atoms with Gasteiger partial charge in [-0.15, -0.1) is 0 Å². The summed E-state index contributed by atoms with van der Waals surface area (Å²) in [6.07, 6.45) is -1.62. The maximum absolute atomic E-state index is 12.3. The molecule has 0 amide bonds. The summed E-state index contributed by atoms with van der Waals surface area (Å²) in [7, 11) is 0. The number of alkyl halides is 2. The highest BCUT2D eigenvalue weighted by molar-refractivity contribution is 14.1. The Morgan fingerprint density at radius 1 is 1.62 bits per heavy atom. The minimum atomic E-state index is -2.81. The fourth-order valence-corrected chi connectivity index (χ4v) is 1.53. The van der Waals surface area contributed by atoms with Crippen molar-refractivity contribution in [3.05, 3.63) is 27.1 Å². The molecule has 6 heteroatoms. The zero-order chi connectivity index (χ0) is 10.0. The van der Waals surface area contributed by atoms with Gasteiger partial charge in [-0.25, -0.2) is 18.6 Å². The van der Waals surface area contributed by atoms with Crippen LogP contribution in [0.15, 0.2) is 12.3 Å². The SMILES string of the molecule is O=C(O)c1ccnc(I)c1C(F)F. The first kappa shape index (κ1) is 10.3. The van der Waals surface area contributed by atoms with E-state index >= 15 is 0 Å². The van der Waals surface area contributed by atoms with Gasteiger partial charge in [0.1, 0.15) is 3.70 Å². The second kappa shape index (κ2) is 3.95. The van der Waals surface area contributed by atoms with Gasteiger partial charge in [-0.2, -0.15) is 0 Å². The lowest BCUT2D eigenvalue weighted by atomic mass is 10.1. The highest BCUT2D eigenvalue weighted by Gasteiger charge is 2.21. The van der Waals surface area contributed by atoms with Crippen molar-refractivity contribution in [1.29, 1.82) is 0 Å². The number of carbonyl (C=O) groups is 1. The van der Waals surface area contributed by atoms with Crippen LogP contribution in [0.1, 0.15) is 22.3 Å². The summed E-state index contributed by atoms with van der Waals surface area (Å²) in [4.78, 5) is 14.1. The van der Waals surface area contributed by atoms with Crippen molar-refractivity contribution >= 4 is 28.6 Å². The second-order valence-electron chi connectivity index (χ2n) is 2.17. The molecule has 0 atom stereocenters. The highest BCUT2D eigenvalue weighted by Crippen LogP contribution is 2.26. The van der Waals surface area contributed by atoms with Crippen molar-refractivity contribution in [2.75, 3.05) is 0 Å². The molecule has 0 bridgehead atoms. The van der Waals surface area contributed by atoms with E-state index in [0.717, 1.165) is 6.07 Å². The molecule has 0 aliphatic rings. The van der Waals surface area contributed by atoms with Gasteiger partial charge in [0.05, 0.1) is 11.1 Å². The molecule has 1 aromatic rings. The number of rotatable bonds is 2. The van der Waals surface area contributed by atoms with E-state index in [1.165, 1.54) is 6.20 Å². The van der Waals surface area contributed by atoms with Gasteiger partial charge < -0.3 is 5.11 Å². The van der Waals surface area contributed by atoms with Gasteiger partial charge in [-0.1, -0.05) is 0 Å². The zero-order valence-corrected chi connectivity index (χ0v) is 8.33. The van der Waals surface area contributed by atoms with Gasteiger partial charge in [-0.05, 0) is 28.7 Å². The molecule has 3 nitrogen and oxygen atoms in total. The predicted molar refractivity (Wildman–Crippen MR) is 48.9 cm³/mol. The lowest BCUT2D eigenvalue weighted by Gasteiger charge is -2.05. The molecule has 1 heterocycles. The number of nitrogens with zero attached hydrogens (tertiary/aromatic N) is 1. The smallest absolute Gasteiger partial charge is 0.336 e. The summed E-state index contributed by atoms with van der Waals surface area (Å²) >= 11 is 1.58. The van der Waals surface area contributed by atoms with E-state index < -0.39 is 23.5 Å². The first-order valence-corrected chi connectivity index (χ1v) is 4.27. The van der Waals surface area contributed by atoms with Crippen molar-refractivity contribution in [3.63, 3.8) is 0 Å². The molecule has 0 aliphatic carbocycles. The van der Waals surface area contributed by atoms with Crippen LogP contribution in [0.4, 0.5) is 8.78 Å². The molecule has 70 valence electrons. The van der Waals surface area contributed by atoms with Crippen LogP contribution in [-0.4, -0.2) is 16.1 Å². The Bertz CT molecular complexity index is 343. The first-order valence-electron chi connectivity index (χ1n) is 3.20. The molecule has 0 radical (unpaired) electrons. The molecule has 0 spiro atoms. The second-order valence-corrected chi connectivity index (χ2v) is 3.19. The van der Waals surface area contributed by atoms with Crippen LogP contribution in [-0.2, 0) is 0 Å². The molecule has 1 N–H and O–H groups in total. The van der Waals surface area contributed by atoms with E-state index in [9.17, 15) is 13.6 Å². The third kappa shape index (κ3) is 2.11. The molecule has 0 aliphatic heterocycles. The summed E-state index contributed by atoms with van der Waals surface area (Å²) < 4.78 is 24.7. The number of hydrogen-bond acceptors (Lipinski definition) is 2. The predicted octanol–water partition coefficient (Wildman–Crippen LogP) is 2.32. The molecule has 0 saturated carbocycles. The summed E-state index contributed by atoms with van der Waals surface area (Å²) in [5.74, 6) is -1.37. The maximum atomic E-state index is 12.3. The molecular weight excluding hydrogens is 295 g/mol. The Kier molecular flexibility index (Phi) is 3.12. The molecule has 0 unspecified atom stereocenters. The Morgan fingerprint density at radius 2 is 2.23 bits per heavy atom. The van der Waals surface area contributed by atoms with Gasteiger partial charge >= 0.3 is 5.97 Å². The van der Waals surface area contributed by atoms with Gasteiger partial charge in [-0.3, -0.25) is 0 Å². The molecule has 0 saturated heterocycles. The Morgan fingerprint density at radius 3 is 2.62 bits per heavy atom. The zero-order valence-electron chi connectivity index (χ0n) is 6.17. The largest absolute Gasteiger partial charge is 0.478 e. The Labute approximate surface area is 85.9 Å². The van der Waals surface area contributed by atoms with E-state index in [-0.39, 0.29) is 3.70 Å². The van der Waals surface area contributed by atoms with Crippen LogP contribution in [0, 0.1) is 3.70 Å². The number of aromatic carboxylic acids is 1. The normalized spacial score (nSPS) is 10.5. The summed E-state index contributed by atoms with van der Waals surface area (Å²) in [6.45, 7) is 0. The quantitative estimate of drug-likeness (QED) is 0.673. The van der Waals surface area contributed by atoms with Crippen molar-refractivity contribution in [2.24, 2.45) is 0 Å². The minimum absolute atomic E-state index is 0.0208. The Hall–Kier alpha value is -0.790. The monoisotopic (exact) mass is 299 g/mol. The summed E-state index contributed by atoms with van der Waals surface area (Å²) in [5, 5.41) is 8.57. The molecular formula is C7H4F2INO2. The standard InChI is InChI=1S/C7H4F2INO2/c8-5(9)4-3(7(12)13)1-2-11-6(4)10/h1-2,5H,(H,12,13). The summed E-state index contributed by atoms with van der Waals surface area (Å²) in [6, 6.07) is 1.06. The fraction of sp³-hybridized carbons (Fsp3) is 0.143. The van der Waals surface area contributed by atoms with Gasteiger partial charge in [0, 0.05) is 6.20 Å². The third-order valence-electron chi connectivity index (χ3n) is 1.39. The molecule has 13 heavy (non-hydrogen) atoms. The van der Waals surface area contributed by atoms with Crippen molar-refractivity contribution < 1.29 is 18.7 Å². The van der Waals surface area contributed by atoms with Crippen molar-refractivity contribution in [3.8, 4) is 0 Å². The average Bonchev–Trinajstić information content (AvgIpc) is 2.02. The number of carboxylic acids is 1. The van der Waals surface area contributed by atoms with Crippen LogP contribution in [0.25, 0.3) is 0 Å². The van der Waals surface area contributed by atoms with Crippen LogP contribution in [0.2, 0.25) is 0 Å².